The second-order valence-electron chi connectivity index (χ2n) is 4.50. The summed E-state index contributed by atoms with van der Waals surface area (Å²) in [6, 6.07) is 12.2. The molecule has 0 radical (unpaired) electrons. The van der Waals surface area contributed by atoms with E-state index in [1.807, 2.05) is 25.1 Å². The maximum Gasteiger partial charge on any atom is 0.125 e. The van der Waals surface area contributed by atoms with Crippen LogP contribution in [0.15, 0.2) is 36.4 Å². The maximum atomic E-state index is 5.82. The molecule has 0 aliphatic rings. The topological polar surface area (TPSA) is 35.2 Å². The summed E-state index contributed by atoms with van der Waals surface area (Å²) in [6.45, 7) is 6.85. The van der Waals surface area contributed by atoms with Crippen LogP contribution in [0, 0.1) is 13.8 Å². The molecular weight excluding hydrogens is 222 g/mol. The molecule has 2 aromatic carbocycles. The van der Waals surface area contributed by atoms with E-state index < -0.39 is 0 Å². The van der Waals surface area contributed by atoms with E-state index >= 15 is 0 Å². The van der Waals surface area contributed by atoms with Crippen LogP contribution in [0.2, 0.25) is 0 Å². The summed E-state index contributed by atoms with van der Waals surface area (Å²) in [4.78, 5) is 0. The van der Waals surface area contributed by atoms with Gasteiger partial charge in [-0.1, -0.05) is 12.1 Å². The maximum absolute atomic E-state index is 5.82. The fourth-order valence-corrected chi connectivity index (χ4v) is 2.21. The normalized spacial score (nSPS) is 10.4. The van der Waals surface area contributed by atoms with E-state index in [0.717, 1.165) is 28.1 Å². The van der Waals surface area contributed by atoms with Gasteiger partial charge in [0.05, 0.1) is 6.61 Å². The highest BCUT2D eigenvalue weighted by atomic mass is 16.5. The third kappa shape index (κ3) is 2.48. The predicted octanol–water partition coefficient (Wildman–Crippen LogP) is 3.95. The fraction of sp³-hybridized carbons (Fsp3) is 0.250. The van der Waals surface area contributed by atoms with Crippen molar-refractivity contribution in [3.63, 3.8) is 0 Å². The lowest BCUT2D eigenvalue weighted by Gasteiger charge is -2.13. The number of hydrogen-bond acceptors (Lipinski definition) is 2. The van der Waals surface area contributed by atoms with E-state index in [4.69, 9.17) is 10.5 Å². The molecule has 2 N–H and O–H groups in total. The third-order valence-electron chi connectivity index (χ3n) is 2.97. The highest BCUT2D eigenvalue weighted by molar-refractivity contribution is 5.70. The molecule has 0 bridgehead atoms. The molecule has 2 nitrogen and oxygen atoms in total. The summed E-state index contributed by atoms with van der Waals surface area (Å²) in [5.41, 5.74) is 11.3. The summed E-state index contributed by atoms with van der Waals surface area (Å²) in [5, 5.41) is 0. The lowest BCUT2D eigenvalue weighted by atomic mass is 9.99. The highest BCUT2D eigenvalue weighted by Gasteiger charge is 2.07. The van der Waals surface area contributed by atoms with Crippen LogP contribution >= 0.6 is 0 Å². The first-order valence-corrected chi connectivity index (χ1v) is 6.21. The van der Waals surface area contributed by atoms with Gasteiger partial charge in [0.25, 0.3) is 0 Å². The summed E-state index contributed by atoms with van der Waals surface area (Å²) in [5.74, 6) is 0.991. The largest absolute Gasteiger partial charge is 0.493 e. The van der Waals surface area contributed by atoms with Crippen molar-refractivity contribution in [2.45, 2.75) is 20.8 Å². The Balaban J connectivity index is 2.48. The van der Waals surface area contributed by atoms with Gasteiger partial charge in [-0.15, -0.1) is 0 Å². The van der Waals surface area contributed by atoms with Crippen molar-refractivity contribution in [1.82, 2.24) is 0 Å². The number of ether oxygens (including phenoxy) is 1. The average molecular weight is 241 g/mol. The second-order valence-corrected chi connectivity index (χ2v) is 4.50. The van der Waals surface area contributed by atoms with Crippen molar-refractivity contribution in [3.05, 3.63) is 47.5 Å². The molecule has 0 saturated carbocycles. The first-order valence-electron chi connectivity index (χ1n) is 6.21. The number of anilines is 1. The zero-order valence-electron chi connectivity index (χ0n) is 11.2. The lowest BCUT2D eigenvalue weighted by Crippen LogP contribution is -1.97. The third-order valence-corrected chi connectivity index (χ3v) is 2.97. The highest BCUT2D eigenvalue weighted by Crippen LogP contribution is 2.30. The van der Waals surface area contributed by atoms with Crippen LogP contribution < -0.4 is 10.5 Å². The molecule has 0 aliphatic carbocycles. The van der Waals surface area contributed by atoms with E-state index in [1.54, 1.807) is 0 Å². The molecule has 0 aromatic heterocycles. The van der Waals surface area contributed by atoms with E-state index in [0.29, 0.717) is 6.61 Å². The van der Waals surface area contributed by atoms with E-state index in [9.17, 15) is 0 Å². The van der Waals surface area contributed by atoms with Crippen LogP contribution in [0.25, 0.3) is 11.1 Å². The van der Waals surface area contributed by atoms with Gasteiger partial charge < -0.3 is 10.5 Å². The minimum Gasteiger partial charge on any atom is -0.493 e. The van der Waals surface area contributed by atoms with E-state index in [2.05, 4.69) is 32.0 Å². The molecule has 0 atom stereocenters. The Bertz CT molecular complexity index is 538. The second kappa shape index (κ2) is 5.13. The molecule has 0 aliphatic heterocycles. The Kier molecular flexibility index (Phi) is 3.56. The Morgan fingerprint density at radius 3 is 2.22 bits per heavy atom. The van der Waals surface area contributed by atoms with Gasteiger partial charge in [0, 0.05) is 5.69 Å². The van der Waals surface area contributed by atoms with E-state index in [1.165, 1.54) is 5.56 Å². The molecular formula is C16H19NO. The molecule has 2 rings (SSSR count). The summed E-state index contributed by atoms with van der Waals surface area (Å²) in [6.07, 6.45) is 0. The van der Waals surface area contributed by atoms with Gasteiger partial charge in [-0.2, -0.15) is 0 Å². The molecule has 2 aromatic rings. The van der Waals surface area contributed by atoms with Crippen LogP contribution in [-0.4, -0.2) is 6.61 Å². The Morgan fingerprint density at radius 1 is 1.00 bits per heavy atom. The molecule has 2 heteroatoms. The summed E-state index contributed by atoms with van der Waals surface area (Å²) in [7, 11) is 0. The minimum absolute atomic E-state index is 0.694. The summed E-state index contributed by atoms with van der Waals surface area (Å²) < 4.78 is 5.66. The van der Waals surface area contributed by atoms with Crippen LogP contribution in [-0.2, 0) is 0 Å². The van der Waals surface area contributed by atoms with Gasteiger partial charge in [0.15, 0.2) is 0 Å². The van der Waals surface area contributed by atoms with E-state index in [-0.39, 0.29) is 0 Å². The minimum atomic E-state index is 0.694. The Morgan fingerprint density at radius 2 is 1.67 bits per heavy atom. The Labute approximate surface area is 108 Å². The number of benzene rings is 2. The summed E-state index contributed by atoms with van der Waals surface area (Å²) >= 11 is 0. The van der Waals surface area contributed by atoms with Gasteiger partial charge in [-0.25, -0.2) is 0 Å². The van der Waals surface area contributed by atoms with Crippen molar-refractivity contribution >= 4 is 5.69 Å². The average Bonchev–Trinajstić information content (AvgIpc) is 2.33. The molecule has 94 valence electrons. The lowest BCUT2D eigenvalue weighted by molar-refractivity contribution is 0.335. The van der Waals surface area contributed by atoms with Gasteiger partial charge in [-0.05, 0) is 67.3 Å². The monoisotopic (exact) mass is 241 g/mol. The SMILES string of the molecule is CCOc1c(C)cc(-c2cccc(N)c2)cc1C. The number of nitrogen functional groups attached to an aromatic ring is 1. The molecule has 0 amide bonds. The fourth-order valence-electron chi connectivity index (χ4n) is 2.21. The first kappa shape index (κ1) is 12.5. The zero-order chi connectivity index (χ0) is 13.1. The van der Waals surface area contributed by atoms with Crippen LogP contribution in [0.1, 0.15) is 18.1 Å². The van der Waals surface area contributed by atoms with Crippen LogP contribution in [0.5, 0.6) is 5.75 Å². The first-order chi connectivity index (χ1) is 8.61. The number of rotatable bonds is 3. The molecule has 18 heavy (non-hydrogen) atoms. The van der Waals surface area contributed by atoms with Crippen LogP contribution in [0.3, 0.4) is 0 Å². The molecule has 0 fully saturated rings. The van der Waals surface area contributed by atoms with Gasteiger partial charge in [0.1, 0.15) is 5.75 Å². The molecule has 0 unspecified atom stereocenters. The molecule has 0 spiro atoms. The molecule has 0 heterocycles. The van der Waals surface area contributed by atoms with Crippen molar-refractivity contribution in [2.24, 2.45) is 0 Å². The quantitative estimate of drug-likeness (QED) is 0.826. The van der Waals surface area contributed by atoms with Crippen molar-refractivity contribution in [3.8, 4) is 16.9 Å². The smallest absolute Gasteiger partial charge is 0.125 e. The van der Waals surface area contributed by atoms with Gasteiger partial charge in [-0.3, -0.25) is 0 Å². The number of aryl methyl sites for hydroxylation is 2. The molecule has 0 saturated heterocycles. The number of hydrogen-bond donors (Lipinski definition) is 1. The number of nitrogens with two attached hydrogens (primary N) is 1. The van der Waals surface area contributed by atoms with Crippen LogP contribution in [0.4, 0.5) is 5.69 Å². The van der Waals surface area contributed by atoms with Gasteiger partial charge >= 0.3 is 0 Å². The standard InChI is InChI=1S/C16H19NO/c1-4-18-16-11(2)8-14(9-12(16)3)13-6-5-7-15(17)10-13/h5-10H,4,17H2,1-3H3. The van der Waals surface area contributed by atoms with Crippen molar-refractivity contribution in [2.75, 3.05) is 12.3 Å². The van der Waals surface area contributed by atoms with Crippen molar-refractivity contribution < 1.29 is 4.74 Å². The zero-order valence-corrected chi connectivity index (χ0v) is 11.2. The van der Waals surface area contributed by atoms with Crippen molar-refractivity contribution in [1.29, 1.82) is 0 Å². The predicted molar refractivity (Wildman–Crippen MR) is 76.9 cm³/mol. The Hall–Kier alpha value is -1.96. The van der Waals surface area contributed by atoms with Gasteiger partial charge in [0.2, 0.25) is 0 Å².